The number of hydrogen-bond donors (Lipinski definition) is 2. The SMILES string of the molecule is OCCOCCN1CCCC1C1CCCNC1. The maximum Gasteiger partial charge on any atom is 0.0698 e. The number of ether oxygens (including phenoxy) is 1. The first-order valence-electron chi connectivity index (χ1n) is 7.05. The van der Waals surface area contributed by atoms with Gasteiger partial charge >= 0.3 is 0 Å². The van der Waals surface area contributed by atoms with Gasteiger partial charge in [0.25, 0.3) is 0 Å². The van der Waals surface area contributed by atoms with E-state index in [0.717, 1.165) is 25.1 Å². The lowest BCUT2D eigenvalue weighted by Gasteiger charge is -2.34. The van der Waals surface area contributed by atoms with Crippen LogP contribution in [-0.4, -0.2) is 62.0 Å². The Morgan fingerprint density at radius 3 is 2.94 bits per heavy atom. The Kier molecular flexibility index (Phi) is 5.71. The molecule has 2 heterocycles. The number of rotatable bonds is 6. The fourth-order valence-electron chi connectivity index (χ4n) is 3.22. The molecule has 0 radical (unpaired) electrons. The van der Waals surface area contributed by atoms with Gasteiger partial charge in [-0.15, -0.1) is 0 Å². The van der Waals surface area contributed by atoms with Crippen LogP contribution in [0.3, 0.4) is 0 Å². The molecule has 100 valence electrons. The minimum absolute atomic E-state index is 0.135. The maximum absolute atomic E-state index is 8.67. The standard InChI is InChI=1S/C13H26N2O2/c16-8-10-17-9-7-15-6-2-4-13(15)12-3-1-5-14-11-12/h12-14,16H,1-11H2. The van der Waals surface area contributed by atoms with Gasteiger partial charge in [0, 0.05) is 12.6 Å². The molecule has 2 atom stereocenters. The summed E-state index contributed by atoms with van der Waals surface area (Å²) >= 11 is 0. The van der Waals surface area contributed by atoms with Gasteiger partial charge in [-0.25, -0.2) is 0 Å². The van der Waals surface area contributed by atoms with E-state index in [1.807, 2.05) is 0 Å². The zero-order valence-corrected chi connectivity index (χ0v) is 10.7. The molecule has 0 spiro atoms. The fourth-order valence-corrected chi connectivity index (χ4v) is 3.22. The Morgan fingerprint density at radius 2 is 2.18 bits per heavy atom. The highest BCUT2D eigenvalue weighted by molar-refractivity contribution is 4.87. The van der Waals surface area contributed by atoms with E-state index in [0.29, 0.717) is 6.61 Å². The van der Waals surface area contributed by atoms with Gasteiger partial charge in [0.1, 0.15) is 0 Å². The topological polar surface area (TPSA) is 44.7 Å². The molecular formula is C13H26N2O2. The van der Waals surface area contributed by atoms with Crippen LogP contribution >= 0.6 is 0 Å². The highest BCUT2D eigenvalue weighted by atomic mass is 16.5. The zero-order chi connectivity index (χ0) is 11.9. The van der Waals surface area contributed by atoms with Gasteiger partial charge in [-0.05, 0) is 51.2 Å². The van der Waals surface area contributed by atoms with Crippen molar-refractivity contribution >= 4 is 0 Å². The monoisotopic (exact) mass is 242 g/mol. The number of aliphatic hydroxyl groups is 1. The Hall–Kier alpha value is -0.160. The highest BCUT2D eigenvalue weighted by Crippen LogP contribution is 2.27. The van der Waals surface area contributed by atoms with Gasteiger partial charge in [-0.1, -0.05) is 0 Å². The van der Waals surface area contributed by atoms with Crippen molar-refractivity contribution in [1.29, 1.82) is 0 Å². The van der Waals surface area contributed by atoms with Crippen LogP contribution in [0, 0.1) is 5.92 Å². The Morgan fingerprint density at radius 1 is 1.24 bits per heavy atom. The molecule has 2 aliphatic rings. The normalized spacial score (nSPS) is 30.9. The Labute approximate surface area is 104 Å². The van der Waals surface area contributed by atoms with E-state index in [9.17, 15) is 0 Å². The van der Waals surface area contributed by atoms with Gasteiger partial charge in [0.15, 0.2) is 0 Å². The molecule has 2 rings (SSSR count). The Bertz CT molecular complexity index is 208. The molecule has 2 unspecified atom stereocenters. The molecule has 0 aliphatic carbocycles. The van der Waals surface area contributed by atoms with Crippen molar-refractivity contribution in [2.75, 3.05) is 46.0 Å². The summed E-state index contributed by atoms with van der Waals surface area (Å²) in [6.45, 7) is 6.02. The molecule has 0 aromatic heterocycles. The first-order chi connectivity index (χ1) is 8.42. The number of aliphatic hydroxyl groups excluding tert-OH is 1. The zero-order valence-electron chi connectivity index (χ0n) is 10.7. The van der Waals surface area contributed by atoms with E-state index in [1.54, 1.807) is 0 Å². The molecule has 4 heteroatoms. The van der Waals surface area contributed by atoms with Crippen molar-refractivity contribution in [2.45, 2.75) is 31.7 Å². The van der Waals surface area contributed by atoms with Crippen LogP contribution in [0.4, 0.5) is 0 Å². The Balaban J connectivity index is 1.72. The smallest absolute Gasteiger partial charge is 0.0698 e. The van der Waals surface area contributed by atoms with Crippen LogP contribution in [0.2, 0.25) is 0 Å². The van der Waals surface area contributed by atoms with Gasteiger partial charge in [-0.3, -0.25) is 4.90 Å². The van der Waals surface area contributed by atoms with Crippen LogP contribution in [0.1, 0.15) is 25.7 Å². The van der Waals surface area contributed by atoms with Crippen molar-refractivity contribution in [3.63, 3.8) is 0 Å². The lowest BCUT2D eigenvalue weighted by atomic mass is 9.90. The average molecular weight is 242 g/mol. The van der Waals surface area contributed by atoms with Crippen molar-refractivity contribution in [2.24, 2.45) is 5.92 Å². The van der Waals surface area contributed by atoms with E-state index in [2.05, 4.69) is 10.2 Å². The fraction of sp³-hybridized carbons (Fsp3) is 1.00. The molecule has 2 saturated heterocycles. The van der Waals surface area contributed by atoms with E-state index >= 15 is 0 Å². The molecule has 0 saturated carbocycles. The third kappa shape index (κ3) is 3.91. The quantitative estimate of drug-likeness (QED) is 0.664. The minimum Gasteiger partial charge on any atom is -0.394 e. The summed E-state index contributed by atoms with van der Waals surface area (Å²) in [4.78, 5) is 2.59. The molecule has 0 amide bonds. The third-order valence-corrected chi connectivity index (χ3v) is 4.05. The summed E-state index contributed by atoms with van der Waals surface area (Å²) in [5.74, 6) is 0.837. The second-order valence-corrected chi connectivity index (χ2v) is 5.19. The molecule has 0 bridgehead atoms. The van der Waals surface area contributed by atoms with Gasteiger partial charge in [0.05, 0.1) is 19.8 Å². The molecule has 17 heavy (non-hydrogen) atoms. The van der Waals surface area contributed by atoms with Crippen LogP contribution in [-0.2, 0) is 4.74 Å². The van der Waals surface area contributed by atoms with Gasteiger partial charge in [-0.2, -0.15) is 0 Å². The summed E-state index contributed by atoms with van der Waals surface area (Å²) in [6.07, 6.45) is 5.40. The summed E-state index contributed by atoms with van der Waals surface area (Å²) in [6, 6.07) is 0.764. The van der Waals surface area contributed by atoms with E-state index in [-0.39, 0.29) is 6.61 Å². The summed E-state index contributed by atoms with van der Waals surface area (Å²) in [7, 11) is 0. The molecule has 2 fully saturated rings. The number of hydrogen-bond acceptors (Lipinski definition) is 4. The van der Waals surface area contributed by atoms with Crippen molar-refractivity contribution in [3.05, 3.63) is 0 Å². The van der Waals surface area contributed by atoms with E-state index < -0.39 is 0 Å². The summed E-state index contributed by atoms with van der Waals surface area (Å²) < 4.78 is 5.37. The summed E-state index contributed by atoms with van der Waals surface area (Å²) in [5.41, 5.74) is 0. The van der Waals surface area contributed by atoms with Crippen molar-refractivity contribution < 1.29 is 9.84 Å². The maximum atomic E-state index is 8.67. The van der Waals surface area contributed by atoms with Crippen LogP contribution in [0.15, 0.2) is 0 Å². The van der Waals surface area contributed by atoms with Gasteiger partial charge in [0.2, 0.25) is 0 Å². The first-order valence-corrected chi connectivity index (χ1v) is 7.05. The molecule has 0 aromatic carbocycles. The number of piperidine rings is 1. The molecule has 0 aromatic rings. The predicted molar refractivity (Wildman–Crippen MR) is 68.1 cm³/mol. The number of likely N-dealkylation sites (tertiary alicyclic amines) is 1. The number of nitrogens with zero attached hydrogens (tertiary/aromatic N) is 1. The average Bonchev–Trinajstić information content (AvgIpc) is 2.84. The minimum atomic E-state index is 0.135. The molecular weight excluding hydrogens is 216 g/mol. The second kappa shape index (κ2) is 7.31. The number of nitrogens with one attached hydrogen (secondary N) is 1. The first kappa shape index (κ1) is 13.3. The predicted octanol–water partition coefficient (Wildman–Crippen LogP) is 0.459. The lowest BCUT2D eigenvalue weighted by molar-refractivity contribution is 0.0621. The van der Waals surface area contributed by atoms with Crippen LogP contribution in [0.25, 0.3) is 0 Å². The molecule has 2 aliphatic heterocycles. The molecule has 2 N–H and O–H groups in total. The largest absolute Gasteiger partial charge is 0.394 e. The van der Waals surface area contributed by atoms with Crippen LogP contribution < -0.4 is 5.32 Å². The van der Waals surface area contributed by atoms with E-state index in [4.69, 9.17) is 9.84 Å². The van der Waals surface area contributed by atoms with Gasteiger partial charge < -0.3 is 15.2 Å². The molecule has 4 nitrogen and oxygen atoms in total. The van der Waals surface area contributed by atoms with Crippen molar-refractivity contribution in [1.82, 2.24) is 10.2 Å². The second-order valence-electron chi connectivity index (χ2n) is 5.19. The third-order valence-electron chi connectivity index (χ3n) is 4.05. The van der Waals surface area contributed by atoms with Crippen molar-refractivity contribution in [3.8, 4) is 0 Å². The van der Waals surface area contributed by atoms with E-state index in [1.165, 1.54) is 45.3 Å². The van der Waals surface area contributed by atoms with Crippen LogP contribution in [0.5, 0.6) is 0 Å². The summed E-state index contributed by atoms with van der Waals surface area (Å²) in [5, 5.41) is 12.2. The lowest BCUT2D eigenvalue weighted by Crippen LogP contribution is -2.44. The highest BCUT2D eigenvalue weighted by Gasteiger charge is 2.31.